The number of carbonyl (C=O) groups excluding carboxylic acids is 2. The van der Waals surface area contributed by atoms with Gasteiger partial charge in [-0.1, -0.05) is 6.07 Å². The van der Waals surface area contributed by atoms with Gasteiger partial charge in [-0.3, -0.25) is 14.4 Å². The maximum atomic E-state index is 13.1. The summed E-state index contributed by atoms with van der Waals surface area (Å²) in [6, 6.07) is 10.1. The number of carbonyl (C=O) groups is 2. The van der Waals surface area contributed by atoms with Crippen molar-refractivity contribution in [2.75, 3.05) is 12.4 Å². The van der Waals surface area contributed by atoms with Crippen LogP contribution in [-0.4, -0.2) is 24.0 Å². The standard InChI is InChI=1S/C20H17FN2O5/c1-11(24)28-18-15-9-12(10-27-2)3-8-16(15)23-20(26)17(18)19(25)22-14-6-4-13(21)5-7-14/h3-9H,10H2,1-2H3,(H,22,25)(H,23,26). The summed E-state index contributed by atoms with van der Waals surface area (Å²) in [6.45, 7) is 1.47. The van der Waals surface area contributed by atoms with Crippen LogP contribution in [0.1, 0.15) is 22.8 Å². The molecule has 1 amide bonds. The number of amides is 1. The zero-order chi connectivity index (χ0) is 20.3. The lowest BCUT2D eigenvalue weighted by Gasteiger charge is -2.13. The van der Waals surface area contributed by atoms with Crippen molar-refractivity contribution in [2.45, 2.75) is 13.5 Å². The molecule has 2 N–H and O–H groups in total. The van der Waals surface area contributed by atoms with E-state index in [1.807, 2.05) is 0 Å². The summed E-state index contributed by atoms with van der Waals surface area (Å²) in [5, 5.41) is 2.89. The Hall–Kier alpha value is -3.52. The van der Waals surface area contributed by atoms with Crippen LogP contribution >= 0.6 is 0 Å². The molecule has 0 radical (unpaired) electrons. The Morgan fingerprint density at radius 2 is 1.86 bits per heavy atom. The molecule has 0 saturated heterocycles. The first-order chi connectivity index (χ1) is 13.4. The van der Waals surface area contributed by atoms with Crippen LogP contribution in [0.3, 0.4) is 0 Å². The van der Waals surface area contributed by atoms with Crippen LogP contribution in [-0.2, 0) is 16.1 Å². The predicted molar refractivity (Wildman–Crippen MR) is 101 cm³/mol. The molecule has 3 aromatic rings. The fourth-order valence-electron chi connectivity index (χ4n) is 2.75. The zero-order valence-corrected chi connectivity index (χ0v) is 15.2. The van der Waals surface area contributed by atoms with Crippen molar-refractivity contribution in [3.8, 4) is 5.75 Å². The van der Waals surface area contributed by atoms with Gasteiger partial charge in [0.2, 0.25) is 0 Å². The second-order valence-electron chi connectivity index (χ2n) is 6.03. The second-order valence-corrected chi connectivity index (χ2v) is 6.03. The van der Waals surface area contributed by atoms with E-state index in [0.717, 1.165) is 5.56 Å². The van der Waals surface area contributed by atoms with Gasteiger partial charge in [0.25, 0.3) is 11.5 Å². The van der Waals surface area contributed by atoms with Gasteiger partial charge in [0.05, 0.1) is 12.1 Å². The third-order valence-electron chi connectivity index (χ3n) is 3.92. The van der Waals surface area contributed by atoms with Crippen molar-refractivity contribution in [1.82, 2.24) is 4.98 Å². The first kappa shape index (κ1) is 19.2. The number of aromatic nitrogens is 1. The smallest absolute Gasteiger partial charge is 0.308 e. The molecule has 0 aliphatic heterocycles. The van der Waals surface area contributed by atoms with Crippen LogP contribution in [0.5, 0.6) is 5.75 Å². The van der Waals surface area contributed by atoms with E-state index in [9.17, 15) is 18.8 Å². The van der Waals surface area contributed by atoms with Crippen LogP contribution in [0.4, 0.5) is 10.1 Å². The first-order valence-corrected chi connectivity index (χ1v) is 8.32. The first-order valence-electron chi connectivity index (χ1n) is 8.32. The molecule has 1 aromatic heterocycles. The monoisotopic (exact) mass is 384 g/mol. The third kappa shape index (κ3) is 4.07. The number of esters is 1. The molecular weight excluding hydrogens is 367 g/mol. The summed E-state index contributed by atoms with van der Waals surface area (Å²) < 4.78 is 23.4. The highest BCUT2D eigenvalue weighted by Crippen LogP contribution is 2.28. The van der Waals surface area contributed by atoms with Crippen molar-refractivity contribution in [1.29, 1.82) is 0 Å². The average Bonchev–Trinajstić information content (AvgIpc) is 2.64. The van der Waals surface area contributed by atoms with Crippen LogP contribution in [0.25, 0.3) is 10.9 Å². The molecular formula is C20H17FN2O5. The van der Waals surface area contributed by atoms with Crippen LogP contribution in [0, 0.1) is 5.82 Å². The van der Waals surface area contributed by atoms with Gasteiger partial charge in [-0.25, -0.2) is 4.39 Å². The highest BCUT2D eigenvalue weighted by molar-refractivity contribution is 6.09. The largest absolute Gasteiger partial charge is 0.425 e. The lowest BCUT2D eigenvalue weighted by atomic mass is 10.1. The number of fused-ring (bicyclic) bond motifs is 1. The van der Waals surface area contributed by atoms with E-state index >= 15 is 0 Å². The van der Waals surface area contributed by atoms with Crippen molar-refractivity contribution in [2.24, 2.45) is 0 Å². The Balaban J connectivity index is 2.14. The maximum Gasteiger partial charge on any atom is 0.308 e. The number of H-pyrrole nitrogens is 1. The van der Waals surface area contributed by atoms with E-state index in [2.05, 4.69) is 10.3 Å². The lowest BCUT2D eigenvalue weighted by molar-refractivity contribution is -0.131. The van der Waals surface area contributed by atoms with Gasteiger partial charge < -0.3 is 19.8 Å². The zero-order valence-electron chi connectivity index (χ0n) is 15.2. The SMILES string of the molecule is COCc1ccc2[nH]c(=O)c(C(=O)Nc3ccc(F)cc3)c(OC(C)=O)c2c1. The summed E-state index contributed by atoms with van der Waals surface area (Å²) in [4.78, 5) is 39.5. The Morgan fingerprint density at radius 1 is 1.14 bits per heavy atom. The fraction of sp³-hybridized carbons (Fsp3) is 0.150. The topological polar surface area (TPSA) is 97.5 Å². The molecule has 8 heteroatoms. The summed E-state index contributed by atoms with van der Waals surface area (Å²) in [6.07, 6.45) is 0. The van der Waals surface area contributed by atoms with Crippen LogP contribution in [0.2, 0.25) is 0 Å². The molecule has 3 rings (SSSR count). The number of benzene rings is 2. The van der Waals surface area contributed by atoms with Gasteiger partial charge in [-0.2, -0.15) is 0 Å². The Labute approximate surface area is 159 Å². The number of pyridine rings is 1. The number of hydrogen-bond acceptors (Lipinski definition) is 5. The molecule has 144 valence electrons. The molecule has 2 aromatic carbocycles. The van der Waals surface area contributed by atoms with E-state index < -0.39 is 23.3 Å². The lowest BCUT2D eigenvalue weighted by Crippen LogP contribution is -2.25. The number of halogens is 1. The highest BCUT2D eigenvalue weighted by atomic mass is 19.1. The van der Waals surface area contributed by atoms with Gasteiger partial charge in [-0.15, -0.1) is 0 Å². The summed E-state index contributed by atoms with van der Waals surface area (Å²) in [5.41, 5.74) is 0.372. The van der Waals surface area contributed by atoms with Crippen molar-refractivity contribution in [3.05, 3.63) is 69.8 Å². The van der Waals surface area contributed by atoms with Gasteiger partial charge in [0.1, 0.15) is 11.4 Å². The second kappa shape index (κ2) is 8.01. The summed E-state index contributed by atoms with van der Waals surface area (Å²) >= 11 is 0. The number of aromatic amines is 1. The van der Waals surface area contributed by atoms with Gasteiger partial charge in [0.15, 0.2) is 5.75 Å². The molecule has 0 fully saturated rings. The van der Waals surface area contributed by atoms with E-state index in [-0.39, 0.29) is 17.0 Å². The molecule has 0 unspecified atom stereocenters. The Morgan fingerprint density at radius 3 is 2.50 bits per heavy atom. The minimum absolute atomic E-state index is 0.149. The minimum atomic E-state index is -0.789. The average molecular weight is 384 g/mol. The van der Waals surface area contributed by atoms with Crippen LogP contribution < -0.4 is 15.6 Å². The van der Waals surface area contributed by atoms with Gasteiger partial charge >= 0.3 is 5.97 Å². The molecule has 0 saturated carbocycles. The molecule has 7 nitrogen and oxygen atoms in total. The quantitative estimate of drug-likeness (QED) is 0.659. The minimum Gasteiger partial charge on any atom is -0.425 e. The highest BCUT2D eigenvalue weighted by Gasteiger charge is 2.22. The number of rotatable bonds is 5. The Bertz CT molecular complexity index is 1110. The van der Waals surface area contributed by atoms with Gasteiger partial charge in [-0.05, 0) is 42.0 Å². The molecule has 0 spiro atoms. The molecule has 1 heterocycles. The number of ether oxygens (including phenoxy) is 2. The van der Waals surface area contributed by atoms with Crippen LogP contribution in [0.15, 0.2) is 47.3 Å². The Kier molecular flexibility index (Phi) is 5.51. The number of anilines is 1. The van der Waals surface area contributed by atoms with Crippen molar-refractivity contribution in [3.63, 3.8) is 0 Å². The maximum absolute atomic E-state index is 13.1. The summed E-state index contributed by atoms with van der Waals surface area (Å²) in [5.74, 6) is -2.08. The normalized spacial score (nSPS) is 10.7. The van der Waals surface area contributed by atoms with E-state index in [1.54, 1.807) is 18.2 Å². The molecule has 28 heavy (non-hydrogen) atoms. The number of hydrogen-bond donors (Lipinski definition) is 2. The van der Waals surface area contributed by atoms with Crippen molar-refractivity contribution >= 4 is 28.5 Å². The predicted octanol–water partition coefficient (Wildman–Crippen LogP) is 2.99. The van der Waals surface area contributed by atoms with E-state index in [1.165, 1.54) is 38.3 Å². The van der Waals surface area contributed by atoms with Gasteiger partial charge in [0, 0.05) is 25.1 Å². The van der Waals surface area contributed by atoms with Crippen molar-refractivity contribution < 1.29 is 23.5 Å². The molecule has 0 bridgehead atoms. The van der Waals surface area contributed by atoms with E-state index in [4.69, 9.17) is 9.47 Å². The molecule has 0 aliphatic rings. The fourth-order valence-corrected chi connectivity index (χ4v) is 2.75. The number of nitrogens with one attached hydrogen (secondary N) is 2. The summed E-state index contributed by atoms with van der Waals surface area (Å²) in [7, 11) is 1.53. The third-order valence-corrected chi connectivity index (χ3v) is 3.92. The number of methoxy groups -OCH3 is 1. The van der Waals surface area contributed by atoms with E-state index in [0.29, 0.717) is 17.5 Å². The molecule has 0 atom stereocenters. The molecule has 0 aliphatic carbocycles.